The summed E-state index contributed by atoms with van der Waals surface area (Å²) in [6, 6.07) is 0. The Kier molecular flexibility index (Phi) is 5.41. The van der Waals surface area contributed by atoms with Gasteiger partial charge in [-0.3, -0.25) is 0 Å². The summed E-state index contributed by atoms with van der Waals surface area (Å²) in [5.41, 5.74) is 2.20. The van der Waals surface area contributed by atoms with Gasteiger partial charge in [0.2, 0.25) is 0 Å². The Bertz CT molecular complexity index is 514. The van der Waals surface area contributed by atoms with E-state index < -0.39 is 0 Å². The van der Waals surface area contributed by atoms with Gasteiger partial charge in [-0.1, -0.05) is 38.8 Å². The molecule has 3 heteroatoms. The molecule has 3 rings (SSSR count). The molecule has 0 spiro atoms. The summed E-state index contributed by atoms with van der Waals surface area (Å²) in [5.74, 6) is 1.40. The second-order valence-electron chi connectivity index (χ2n) is 10.1. The summed E-state index contributed by atoms with van der Waals surface area (Å²) in [7, 11) is 4.07. The van der Waals surface area contributed by atoms with Crippen LogP contribution in [0.5, 0.6) is 0 Å². The SMILES string of the molecule is CNCC1=CC(O)C2(CNC)CCC3C(C)(C)CCCC3(C)C2CC1. The van der Waals surface area contributed by atoms with Crippen LogP contribution in [-0.2, 0) is 0 Å². The lowest BCUT2D eigenvalue weighted by Gasteiger charge is -2.64. The summed E-state index contributed by atoms with van der Waals surface area (Å²) in [4.78, 5) is 0. The van der Waals surface area contributed by atoms with Crippen molar-refractivity contribution < 1.29 is 5.11 Å². The van der Waals surface area contributed by atoms with Crippen molar-refractivity contribution in [2.24, 2.45) is 28.1 Å². The Balaban J connectivity index is 2.01. The molecule has 2 fully saturated rings. The lowest BCUT2D eigenvalue weighted by atomic mass is 9.42. The highest BCUT2D eigenvalue weighted by molar-refractivity contribution is 5.20. The van der Waals surface area contributed by atoms with Gasteiger partial charge in [-0.25, -0.2) is 0 Å². The highest BCUT2D eigenvalue weighted by Crippen LogP contribution is 2.66. The fourth-order valence-corrected chi connectivity index (χ4v) is 7.34. The number of likely N-dealkylation sites (N-methyl/N-ethyl adjacent to an activating group) is 1. The Labute approximate surface area is 155 Å². The highest BCUT2D eigenvalue weighted by Gasteiger charge is 2.61. The van der Waals surface area contributed by atoms with Crippen LogP contribution in [0.2, 0.25) is 0 Å². The van der Waals surface area contributed by atoms with Crippen LogP contribution < -0.4 is 10.6 Å². The molecule has 0 heterocycles. The second kappa shape index (κ2) is 6.98. The zero-order valence-corrected chi connectivity index (χ0v) is 17.1. The summed E-state index contributed by atoms with van der Waals surface area (Å²) in [6.45, 7) is 9.41. The van der Waals surface area contributed by atoms with E-state index in [-0.39, 0.29) is 11.5 Å². The molecule has 0 aromatic carbocycles. The summed E-state index contributed by atoms with van der Waals surface area (Å²) in [6.07, 6.45) is 10.7. The Morgan fingerprint density at radius 3 is 2.48 bits per heavy atom. The first-order chi connectivity index (χ1) is 11.8. The van der Waals surface area contributed by atoms with Crippen molar-refractivity contribution in [2.75, 3.05) is 27.2 Å². The molecule has 144 valence electrons. The van der Waals surface area contributed by atoms with Crippen molar-refractivity contribution in [1.29, 1.82) is 0 Å². The van der Waals surface area contributed by atoms with Crippen LogP contribution in [-0.4, -0.2) is 38.4 Å². The first-order valence-electron chi connectivity index (χ1n) is 10.5. The lowest BCUT2D eigenvalue weighted by molar-refractivity contribution is -0.160. The van der Waals surface area contributed by atoms with Gasteiger partial charge in [0.15, 0.2) is 0 Å². The molecule has 25 heavy (non-hydrogen) atoms. The Morgan fingerprint density at radius 1 is 1.04 bits per heavy atom. The zero-order chi connectivity index (χ0) is 18.3. The minimum atomic E-state index is -0.321. The van der Waals surface area contributed by atoms with Crippen molar-refractivity contribution in [3.63, 3.8) is 0 Å². The minimum Gasteiger partial charge on any atom is -0.388 e. The molecule has 0 radical (unpaired) electrons. The van der Waals surface area contributed by atoms with Gasteiger partial charge in [0.25, 0.3) is 0 Å². The molecule has 5 atom stereocenters. The van der Waals surface area contributed by atoms with Gasteiger partial charge in [-0.15, -0.1) is 0 Å². The third-order valence-electron chi connectivity index (χ3n) is 8.31. The maximum absolute atomic E-state index is 11.4. The predicted molar refractivity (Wildman–Crippen MR) is 106 cm³/mol. The van der Waals surface area contributed by atoms with Crippen LogP contribution in [0.1, 0.15) is 65.7 Å². The van der Waals surface area contributed by atoms with Crippen molar-refractivity contribution in [3.05, 3.63) is 11.6 Å². The van der Waals surface area contributed by atoms with Gasteiger partial charge in [-0.2, -0.15) is 0 Å². The molecular formula is C22H40N2O. The molecule has 0 bridgehead atoms. The number of aliphatic hydroxyl groups excluding tert-OH is 1. The van der Waals surface area contributed by atoms with Gasteiger partial charge in [0, 0.05) is 18.5 Å². The molecule has 0 aromatic heterocycles. The molecule has 3 nitrogen and oxygen atoms in total. The maximum Gasteiger partial charge on any atom is 0.0795 e. The zero-order valence-electron chi connectivity index (χ0n) is 17.1. The van der Waals surface area contributed by atoms with Crippen LogP contribution in [0.3, 0.4) is 0 Å². The molecule has 2 saturated carbocycles. The van der Waals surface area contributed by atoms with Crippen LogP contribution in [0, 0.1) is 28.1 Å². The monoisotopic (exact) mass is 348 g/mol. The standard InChI is InChI=1S/C22H40N2O/c1-20(2)10-6-11-21(3)17(20)9-12-22(15-24-5)18(21)8-7-16(14-23-4)13-19(22)25/h13,17-19,23-25H,6-12,14-15H2,1-5H3. The Morgan fingerprint density at radius 2 is 1.80 bits per heavy atom. The number of hydrogen-bond donors (Lipinski definition) is 3. The molecule has 5 unspecified atom stereocenters. The van der Waals surface area contributed by atoms with Crippen molar-refractivity contribution in [1.82, 2.24) is 10.6 Å². The normalized spacial score (nSPS) is 43.6. The van der Waals surface area contributed by atoms with Crippen LogP contribution in [0.4, 0.5) is 0 Å². The average Bonchev–Trinajstić information content (AvgIpc) is 2.66. The third-order valence-corrected chi connectivity index (χ3v) is 8.31. The van der Waals surface area contributed by atoms with Crippen molar-refractivity contribution >= 4 is 0 Å². The number of rotatable bonds is 4. The fraction of sp³-hybridized carbons (Fsp3) is 0.909. The highest BCUT2D eigenvalue weighted by atomic mass is 16.3. The summed E-state index contributed by atoms with van der Waals surface area (Å²) < 4.78 is 0. The largest absolute Gasteiger partial charge is 0.388 e. The smallest absolute Gasteiger partial charge is 0.0795 e. The molecule has 3 aliphatic rings. The molecule has 0 saturated heterocycles. The van der Waals surface area contributed by atoms with Gasteiger partial charge in [-0.05, 0) is 75.3 Å². The molecule has 3 aliphatic carbocycles. The van der Waals surface area contributed by atoms with Crippen LogP contribution >= 0.6 is 0 Å². The summed E-state index contributed by atoms with van der Waals surface area (Å²) in [5, 5.41) is 18.1. The topological polar surface area (TPSA) is 44.3 Å². The van der Waals surface area contributed by atoms with E-state index in [9.17, 15) is 5.11 Å². The first-order valence-corrected chi connectivity index (χ1v) is 10.5. The van der Waals surface area contributed by atoms with Crippen molar-refractivity contribution in [3.8, 4) is 0 Å². The maximum atomic E-state index is 11.4. The van der Waals surface area contributed by atoms with E-state index in [1.807, 2.05) is 7.05 Å². The van der Waals surface area contributed by atoms with Gasteiger partial charge in [0.05, 0.1) is 6.10 Å². The second-order valence-corrected chi connectivity index (χ2v) is 10.1. The van der Waals surface area contributed by atoms with E-state index in [1.165, 1.54) is 37.7 Å². The van der Waals surface area contributed by atoms with Gasteiger partial charge < -0.3 is 15.7 Å². The number of nitrogens with one attached hydrogen (secondary N) is 2. The van der Waals surface area contributed by atoms with E-state index in [4.69, 9.17) is 0 Å². The molecule has 0 aromatic rings. The fourth-order valence-electron chi connectivity index (χ4n) is 7.34. The van der Waals surface area contributed by atoms with E-state index >= 15 is 0 Å². The quantitative estimate of drug-likeness (QED) is 0.678. The molecule has 0 amide bonds. The first kappa shape index (κ1) is 19.4. The van der Waals surface area contributed by atoms with E-state index in [2.05, 4.69) is 44.5 Å². The van der Waals surface area contributed by atoms with Crippen molar-refractivity contribution in [2.45, 2.75) is 71.8 Å². The minimum absolute atomic E-state index is 0.00289. The van der Waals surface area contributed by atoms with Crippen LogP contribution in [0.15, 0.2) is 11.6 Å². The van der Waals surface area contributed by atoms with Gasteiger partial charge in [0.1, 0.15) is 0 Å². The Hall–Kier alpha value is -0.380. The van der Waals surface area contributed by atoms with E-state index in [1.54, 1.807) is 0 Å². The summed E-state index contributed by atoms with van der Waals surface area (Å²) >= 11 is 0. The molecule has 0 aliphatic heterocycles. The molecular weight excluding hydrogens is 308 g/mol. The van der Waals surface area contributed by atoms with Crippen LogP contribution in [0.25, 0.3) is 0 Å². The molecule has 3 N–H and O–H groups in total. The number of hydrogen-bond acceptors (Lipinski definition) is 3. The van der Waals surface area contributed by atoms with Gasteiger partial charge >= 0.3 is 0 Å². The number of aliphatic hydroxyl groups is 1. The predicted octanol–water partition coefficient (Wildman–Crippen LogP) is 3.74. The van der Waals surface area contributed by atoms with E-state index in [0.717, 1.165) is 31.8 Å². The van der Waals surface area contributed by atoms with E-state index in [0.29, 0.717) is 16.7 Å². The number of fused-ring (bicyclic) bond motifs is 3. The third kappa shape index (κ3) is 3.11. The lowest BCUT2D eigenvalue weighted by Crippen LogP contribution is -2.60. The average molecular weight is 349 g/mol.